The molecule has 9 heteroatoms. The number of nitrogens with one attached hydrogen (secondary N) is 1. The van der Waals surface area contributed by atoms with E-state index < -0.39 is 42.3 Å². The first-order chi connectivity index (χ1) is 13.2. The lowest BCUT2D eigenvalue weighted by molar-refractivity contribution is -0.146. The van der Waals surface area contributed by atoms with Crippen molar-refractivity contribution in [1.29, 1.82) is 0 Å². The lowest BCUT2D eigenvalue weighted by Gasteiger charge is -2.20. The Labute approximate surface area is 162 Å². The van der Waals surface area contributed by atoms with Gasteiger partial charge in [0.1, 0.15) is 12.6 Å². The van der Waals surface area contributed by atoms with Gasteiger partial charge in [-0.2, -0.15) is 0 Å². The summed E-state index contributed by atoms with van der Waals surface area (Å²) < 4.78 is 4.66. The Morgan fingerprint density at radius 3 is 2.21 bits per heavy atom. The third-order valence-electron chi connectivity index (χ3n) is 4.15. The summed E-state index contributed by atoms with van der Waals surface area (Å²) in [5.74, 6) is -3.32. The first-order valence-electron chi connectivity index (χ1n) is 8.83. The summed E-state index contributed by atoms with van der Waals surface area (Å²) in [6, 6.07) is 6.94. The van der Waals surface area contributed by atoms with Crippen molar-refractivity contribution in [2.45, 2.75) is 32.9 Å². The molecule has 0 aliphatic carbocycles. The van der Waals surface area contributed by atoms with Crippen LogP contribution in [0, 0.1) is 5.92 Å². The molecule has 0 radical (unpaired) electrons. The normalized spacial score (nSPS) is 15.2. The van der Waals surface area contributed by atoms with E-state index in [1.807, 2.05) is 13.8 Å². The number of hydrogen-bond donors (Lipinski definition) is 1. The maximum Gasteiger partial charge on any atom is 0.335 e. The number of nitrogens with zero attached hydrogens (tertiary/aromatic N) is 2. The van der Waals surface area contributed by atoms with E-state index in [0.29, 0.717) is 16.9 Å². The number of methoxy groups -OCH3 is 1. The molecule has 0 spiro atoms. The van der Waals surface area contributed by atoms with Crippen LogP contribution in [-0.2, 0) is 30.5 Å². The highest BCUT2D eigenvalue weighted by Crippen LogP contribution is 2.16. The fourth-order valence-electron chi connectivity index (χ4n) is 2.81. The highest BCUT2D eigenvalue weighted by molar-refractivity contribution is 6.44. The van der Waals surface area contributed by atoms with Crippen LogP contribution in [0.2, 0.25) is 0 Å². The molecular formula is C19H23N3O6. The number of esters is 1. The molecule has 2 rings (SSSR count). The van der Waals surface area contributed by atoms with Crippen LogP contribution in [0.5, 0.6) is 0 Å². The molecule has 28 heavy (non-hydrogen) atoms. The third kappa shape index (κ3) is 4.93. The minimum atomic E-state index is -1.07. The van der Waals surface area contributed by atoms with Gasteiger partial charge in [0.2, 0.25) is 5.91 Å². The van der Waals surface area contributed by atoms with Crippen LogP contribution in [-0.4, -0.2) is 59.2 Å². The Morgan fingerprint density at radius 2 is 1.64 bits per heavy atom. The number of carbonyl (C=O) groups is 5. The van der Waals surface area contributed by atoms with Crippen LogP contribution in [0.3, 0.4) is 0 Å². The smallest absolute Gasteiger partial charge is 0.335 e. The molecule has 5 amide bonds. The molecule has 1 saturated heterocycles. The third-order valence-corrected chi connectivity index (χ3v) is 4.15. The van der Waals surface area contributed by atoms with Crippen molar-refractivity contribution in [3.05, 3.63) is 35.9 Å². The van der Waals surface area contributed by atoms with Gasteiger partial charge >= 0.3 is 23.8 Å². The predicted molar refractivity (Wildman–Crippen MR) is 97.5 cm³/mol. The average Bonchev–Trinajstić information content (AvgIpc) is 2.85. The maximum absolute atomic E-state index is 12.5. The monoisotopic (exact) mass is 389 g/mol. The Hall–Kier alpha value is -3.23. The molecule has 1 aromatic rings. The van der Waals surface area contributed by atoms with Gasteiger partial charge < -0.3 is 10.1 Å². The summed E-state index contributed by atoms with van der Waals surface area (Å²) >= 11 is 0. The van der Waals surface area contributed by atoms with Gasteiger partial charge in [-0.3, -0.25) is 19.3 Å². The van der Waals surface area contributed by atoms with E-state index in [-0.39, 0.29) is 12.5 Å². The van der Waals surface area contributed by atoms with Gasteiger partial charge in [0.25, 0.3) is 0 Å². The first kappa shape index (κ1) is 21.1. The number of amides is 5. The fourth-order valence-corrected chi connectivity index (χ4v) is 2.81. The number of hydrogen-bond acceptors (Lipinski definition) is 6. The van der Waals surface area contributed by atoms with E-state index in [1.165, 1.54) is 7.11 Å². The number of imide groups is 2. The molecule has 0 unspecified atom stereocenters. The SMILES string of the molecule is COC(=O)[C@H](CC(C)C)NC(=O)CN1C(=O)C(=O)N(Cc2ccccc2)C1=O. The molecule has 0 aromatic heterocycles. The van der Waals surface area contributed by atoms with Crippen molar-refractivity contribution in [3.8, 4) is 0 Å². The van der Waals surface area contributed by atoms with Crippen LogP contribution in [0.25, 0.3) is 0 Å². The minimum absolute atomic E-state index is 0.0689. The highest BCUT2D eigenvalue weighted by atomic mass is 16.5. The predicted octanol–water partition coefficient (Wildman–Crippen LogP) is 0.681. The lowest BCUT2D eigenvalue weighted by Crippen LogP contribution is -2.48. The largest absolute Gasteiger partial charge is 0.467 e. The van der Waals surface area contributed by atoms with Crippen molar-refractivity contribution < 1.29 is 28.7 Å². The molecule has 150 valence electrons. The lowest BCUT2D eigenvalue weighted by atomic mass is 10.0. The zero-order valence-electron chi connectivity index (χ0n) is 16.0. The van der Waals surface area contributed by atoms with Crippen LogP contribution in [0.4, 0.5) is 4.79 Å². The molecule has 1 atom stereocenters. The summed E-state index contributed by atoms with van der Waals surface area (Å²) in [7, 11) is 1.20. The number of urea groups is 1. The van der Waals surface area contributed by atoms with Gasteiger partial charge in [-0.1, -0.05) is 44.2 Å². The quantitative estimate of drug-likeness (QED) is 0.397. The Morgan fingerprint density at radius 1 is 1.04 bits per heavy atom. The summed E-state index contributed by atoms with van der Waals surface area (Å²) in [6.45, 7) is 3.02. The average molecular weight is 389 g/mol. The van der Waals surface area contributed by atoms with Gasteiger partial charge in [0, 0.05) is 0 Å². The van der Waals surface area contributed by atoms with Crippen LogP contribution >= 0.6 is 0 Å². The Kier molecular flexibility index (Phi) is 6.86. The minimum Gasteiger partial charge on any atom is -0.467 e. The van der Waals surface area contributed by atoms with Crippen LogP contribution < -0.4 is 5.32 Å². The molecular weight excluding hydrogens is 366 g/mol. The summed E-state index contributed by atoms with van der Waals surface area (Å²) in [5.41, 5.74) is 0.672. The van der Waals surface area contributed by atoms with E-state index in [4.69, 9.17) is 0 Å². The Bertz CT molecular complexity index is 777. The second-order valence-corrected chi connectivity index (χ2v) is 6.82. The number of benzene rings is 1. The second-order valence-electron chi connectivity index (χ2n) is 6.82. The number of rotatable bonds is 8. The molecule has 1 fully saturated rings. The van der Waals surface area contributed by atoms with Crippen LogP contribution in [0.15, 0.2) is 30.3 Å². The van der Waals surface area contributed by atoms with Gasteiger partial charge in [0.15, 0.2) is 0 Å². The molecule has 1 N–H and O–H groups in total. The van der Waals surface area contributed by atoms with Crippen molar-refractivity contribution in [2.24, 2.45) is 5.92 Å². The molecule has 9 nitrogen and oxygen atoms in total. The molecule has 1 aliphatic heterocycles. The molecule has 1 aromatic carbocycles. The molecule has 1 heterocycles. The van der Waals surface area contributed by atoms with Crippen molar-refractivity contribution in [2.75, 3.05) is 13.7 Å². The Balaban J connectivity index is 2.05. The summed E-state index contributed by atoms with van der Waals surface area (Å²) in [4.78, 5) is 62.2. The van der Waals surface area contributed by atoms with E-state index in [2.05, 4.69) is 10.1 Å². The topological polar surface area (TPSA) is 113 Å². The summed E-state index contributed by atoms with van der Waals surface area (Å²) in [6.07, 6.45) is 0.333. The maximum atomic E-state index is 12.5. The standard InChI is InChI=1S/C19H23N3O6/c1-12(2)9-14(18(26)28-3)20-15(23)11-22-17(25)16(24)21(19(22)27)10-13-7-5-4-6-8-13/h4-8,12,14H,9-11H2,1-3H3,(H,20,23)/t14-/m0/s1. The molecule has 0 saturated carbocycles. The zero-order chi connectivity index (χ0) is 20.8. The van der Waals surface area contributed by atoms with E-state index in [1.54, 1.807) is 30.3 Å². The zero-order valence-corrected chi connectivity index (χ0v) is 16.0. The van der Waals surface area contributed by atoms with Crippen LogP contribution in [0.1, 0.15) is 25.8 Å². The first-order valence-corrected chi connectivity index (χ1v) is 8.83. The van der Waals surface area contributed by atoms with Crippen molar-refractivity contribution in [1.82, 2.24) is 15.1 Å². The van der Waals surface area contributed by atoms with E-state index in [9.17, 15) is 24.0 Å². The van der Waals surface area contributed by atoms with Gasteiger partial charge in [-0.25, -0.2) is 14.5 Å². The van der Waals surface area contributed by atoms with Gasteiger partial charge in [0.05, 0.1) is 13.7 Å². The highest BCUT2D eigenvalue weighted by Gasteiger charge is 2.45. The molecule has 0 bridgehead atoms. The van der Waals surface area contributed by atoms with Gasteiger partial charge in [-0.05, 0) is 17.9 Å². The van der Waals surface area contributed by atoms with E-state index >= 15 is 0 Å². The number of carbonyl (C=O) groups excluding carboxylic acids is 5. The van der Waals surface area contributed by atoms with Crippen molar-refractivity contribution in [3.63, 3.8) is 0 Å². The second kappa shape index (κ2) is 9.12. The fraction of sp³-hybridized carbons (Fsp3) is 0.421. The van der Waals surface area contributed by atoms with Gasteiger partial charge in [-0.15, -0.1) is 0 Å². The van der Waals surface area contributed by atoms with E-state index in [0.717, 1.165) is 4.90 Å². The number of ether oxygens (including phenoxy) is 1. The van der Waals surface area contributed by atoms with Crippen molar-refractivity contribution >= 4 is 29.7 Å². The summed E-state index contributed by atoms with van der Waals surface area (Å²) in [5, 5.41) is 2.46. The molecule has 1 aliphatic rings.